The van der Waals surface area contributed by atoms with Gasteiger partial charge in [-0.15, -0.1) is 11.3 Å². The van der Waals surface area contributed by atoms with Crippen molar-refractivity contribution in [2.75, 3.05) is 19.8 Å². The Morgan fingerprint density at radius 1 is 1.56 bits per heavy atom. The van der Waals surface area contributed by atoms with Gasteiger partial charge in [0.2, 0.25) is 5.91 Å². The quantitative estimate of drug-likeness (QED) is 0.776. The van der Waals surface area contributed by atoms with Crippen molar-refractivity contribution in [2.45, 2.75) is 12.2 Å². The lowest BCUT2D eigenvalue weighted by Gasteiger charge is -2.11. The summed E-state index contributed by atoms with van der Waals surface area (Å²) in [6.45, 7) is -1.53. The Bertz CT molecular complexity index is 368. The number of carbonyl (C=O) groups excluding carboxylic acids is 1. The second-order valence-electron chi connectivity index (χ2n) is 3.45. The summed E-state index contributed by atoms with van der Waals surface area (Å²) in [6.07, 6.45) is -4.35. The predicted octanol–water partition coefficient (Wildman–Crippen LogP) is 1.44. The number of nitrogens with two attached hydrogens (primary N) is 1. The van der Waals surface area contributed by atoms with Crippen LogP contribution in [0.5, 0.6) is 0 Å². The molecule has 0 saturated heterocycles. The van der Waals surface area contributed by atoms with Gasteiger partial charge in [0.25, 0.3) is 0 Å². The van der Waals surface area contributed by atoms with Gasteiger partial charge in [0, 0.05) is 11.4 Å². The molecule has 0 bridgehead atoms. The van der Waals surface area contributed by atoms with Crippen molar-refractivity contribution in [1.82, 2.24) is 5.32 Å². The fourth-order valence-electron chi connectivity index (χ4n) is 1.14. The molecule has 102 valence electrons. The minimum Gasteiger partial charge on any atom is -0.370 e. The monoisotopic (exact) mass is 282 g/mol. The molecule has 8 heteroatoms. The van der Waals surface area contributed by atoms with Gasteiger partial charge in [0.1, 0.15) is 12.6 Å². The van der Waals surface area contributed by atoms with Crippen LogP contribution in [-0.2, 0) is 9.53 Å². The van der Waals surface area contributed by atoms with E-state index in [1.807, 2.05) is 0 Å². The van der Waals surface area contributed by atoms with Gasteiger partial charge in [-0.2, -0.15) is 13.2 Å². The molecule has 3 N–H and O–H groups in total. The Kier molecular flexibility index (Phi) is 5.57. The Hall–Kier alpha value is -1.12. The van der Waals surface area contributed by atoms with E-state index < -0.39 is 24.7 Å². The minimum atomic E-state index is -4.35. The summed E-state index contributed by atoms with van der Waals surface area (Å²) in [5, 5.41) is 4.19. The summed E-state index contributed by atoms with van der Waals surface area (Å²) in [7, 11) is 0. The second-order valence-corrected chi connectivity index (χ2v) is 4.43. The van der Waals surface area contributed by atoms with Crippen molar-refractivity contribution in [2.24, 2.45) is 5.73 Å². The zero-order valence-corrected chi connectivity index (χ0v) is 10.2. The van der Waals surface area contributed by atoms with Gasteiger partial charge in [-0.25, -0.2) is 0 Å². The van der Waals surface area contributed by atoms with Crippen molar-refractivity contribution >= 4 is 17.2 Å². The van der Waals surface area contributed by atoms with Gasteiger partial charge in [-0.05, 0) is 11.4 Å². The van der Waals surface area contributed by atoms with E-state index in [-0.39, 0.29) is 13.2 Å². The van der Waals surface area contributed by atoms with Gasteiger partial charge in [-0.1, -0.05) is 6.07 Å². The highest BCUT2D eigenvalue weighted by molar-refractivity contribution is 7.10. The number of rotatable bonds is 6. The van der Waals surface area contributed by atoms with Crippen LogP contribution in [0.1, 0.15) is 10.9 Å². The smallest absolute Gasteiger partial charge is 0.370 e. The molecule has 1 amide bonds. The molecule has 1 aromatic rings. The molecular formula is C10H13F3N2O2S. The first-order chi connectivity index (χ1) is 8.40. The zero-order chi connectivity index (χ0) is 13.6. The zero-order valence-electron chi connectivity index (χ0n) is 9.37. The van der Waals surface area contributed by atoms with Gasteiger partial charge in [0.05, 0.1) is 6.61 Å². The van der Waals surface area contributed by atoms with Gasteiger partial charge in [-0.3, -0.25) is 4.79 Å². The molecule has 0 saturated carbocycles. The Balaban J connectivity index is 2.18. The van der Waals surface area contributed by atoms with Crippen molar-refractivity contribution in [1.29, 1.82) is 0 Å². The third-order valence-electron chi connectivity index (χ3n) is 1.94. The SMILES string of the molecule is NC(C(=O)NCCOCC(F)(F)F)c1cccs1. The van der Waals surface area contributed by atoms with Crippen LogP contribution >= 0.6 is 11.3 Å². The second kappa shape index (κ2) is 6.72. The van der Waals surface area contributed by atoms with Crippen molar-refractivity contribution in [3.8, 4) is 0 Å². The maximum atomic E-state index is 11.7. The Morgan fingerprint density at radius 3 is 2.83 bits per heavy atom. The van der Waals surface area contributed by atoms with Crippen molar-refractivity contribution in [3.05, 3.63) is 22.4 Å². The third-order valence-corrected chi connectivity index (χ3v) is 2.90. The molecule has 1 heterocycles. The molecule has 0 radical (unpaired) electrons. The number of nitrogens with one attached hydrogen (secondary N) is 1. The number of ether oxygens (including phenoxy) is 1. The van der Waals surface area contributed by atoms with Crippen LogP contribution in [0.25, 0.3) is 0 Å². The van der Waals surface area contributed by atoms with Crippen LogP contribution in [0, 0.1) is 0 Å². The van der Waals surface area contributed by atoms with E-state index in [1.165, 1.54) is 11.3 Å². The van der Waals surface area contributed by atoms with Crippen LogP contribution < -0.4 is 11.1 Å². The molecule has 4 nitrogen and oxygen atoms in total. The molecule has 1 atom stereocenters. The van der Waals surface area contributed by atoms with E-state index in [4.69, 9.17) is 5.73 Å². The van der Waals surface area contributed by atoms with Crippen molar-refractivity contribution in [3.63, 3.8) is 0 Å². The van der Waals surface area contributed by atoms with Crippen LogP contribution in [-0.4, -0.2) is 31.8 Å². The number of halogens is 3. The molecule has 0 aliphatic heterocycles. The standard InChI is InChI=1S/C10H13F3N2O2S/c11-10(12,13)6-17-4-3-15-9(16)8(14)7-2-1-5-18-7/h1-2,5,8H,3-4,6,14H2,(H,15,16). The summed E-state index contributed by atoms with van der Waals surface area (Å²) in [6, 6.07) is 2.68. The average molecular weight is 282 g/mol. The predicted molar refractivity (Wildman–Crippen MR) is 61.1 cm³/mol. The van der Waals surface area contributed by atoms with Crippen LogP contribution in [0.2, 0.25) is 0 Å². The molecule has 0 aliphatic rings. The number of hydrogen-bond donors (Lipinski definition) is 2. The number of carbonyl (C=O) groups is 1. The summed E-state index contributed by atoms with van der Waals surface area (Å²) in [5.41, 5.74) is 5.64. The van der Waals surface area contributed by atoms with Gasteiger partial charge >= 0.3 is 6.18 Å². The minimum absolute atomic E-state index is 0.00596. The Labute approximate surface area is 106 Å². The molecule has 0 aliphatic carbocycles. The average Bonchev–Trinajstić information content (AvgIpc) is 2.79. The van der Waals surface area contributed by atoms with Gasteiger partial charge in [0.15, 0.2) is 0 Å². The summed E-state index contributed by atoms with van der Waals surface area (Å²) >= 11 is 1.34. The molecule has 0 fully saturated rings. The van der Waals surface area contributed by atoms with Crippen molar-refractivity contribution < 1.29 is 22.7 Å². The normalized spacial score (nSPS) is 13.3. The lowest BCUT2D eigenvalue weighted by atomic mass is 10.2. The highest BCUT2D eigenvalue weighted by Crippen LogP contribution is 2.16. The van der Waals surface area contributed by atoms with E-state index in [9.17, 15) is 18.0 Å². The fourth-order valence-corrected chi connectivity index (χ4v) is 1.87. The van der Waals surface area contributed by atoms with Gasteiger partial charge < -0.3 is 15.8 Å². The number of hydrogen-bond acceptors (Lipinski definition) is 4. The fraction of sp³-hybridized carbons (Fsp3) is 0.500. The number of thiophene rings is 1. The summed E-state index contributed by atoms with van der Waals surface area (Å²) in [5.74, 6) is -0.437. The highest BCUT2D eigenvalue weighted by atomic mass is 32.1. The van der Waals surface area contributed by atoms with E-state index in [2.05, 4.69) is 10.1 Å². The van der Waals surface area contributed by atoms with Crippen LogP contribution in [0.4, 0.5) is 13.2 Å². The van der Waals surface area contributed by atoms with E-state index >= 15 is 0 Å². The maximum Gasteiger partial charge on any atom is 0.411 e. The van der Waals surface area contributed by atoms with Crippen LogP contribution in [0.3, 0.4) is 0 Å². The molecule has 1 aromatic heterocycles. The lowest BCUT2D eigenvalue weighted by Crippen LogP contribution is -2.36. The largest absolute Gasteiger partial charge is 0.411 e. The van der Waals surface area contributed by atoms with E-state index in [0.717, 1.165) is 0 Å². The summed E-state index contributed by atoms with van der Waals surface area (Å²) < 4.78 is 39.5. The first kappa shape index (κ1) is 14.9. The molecule has 0 spiro atoms. The molecule has 18 heavy (non-hydrogen) atoms. The first-order valence-electron chi connectivity index (χ1n) is 5.11. The molecule has 1 unspecified atom stereocenters. The Morgan fingerprint density at radius 2 is 2.28 bits per heavy atom. The molecular weight excluding hydrogens is 269 g/mol. The lowest BCUT2D eigenvalue weighted by molar-refractivity contribution is -0.173. The number of amides is 1. The molecule has 0 aromatic carbocycles. The molecule has 1 rings (SSSR count). The first-order valence-corrected chi connectivity index (χ1v) is 5.99. The third kappa shape index (κ3) is 5.48. The number of alkyl halides is 3. The topological polar surface area (TPSA) is 64.4 Å². The summed E-state index contributed by atoms with van der Waals surface area (Å²) in [4.78, 5) is 12.2. The van der Waals surface area contributed by atoms with E-state index in [1.54, 1.807) is 17.5 Å². The highest BCUT2D eigenvalue weighted by Gasteiger charge is 2.27. The van der Waals surface area contributed by atoms with Crippen LogP contribution in [0.15, 0.2) is 17.5 Å². The van der Waals surface area contributed by atoms with E-state index in [0.29, 0.717) is 4.88 Å². The maximum absolute atomic E-state index is 11.7.